The van der Waals surface area contributed by atoms with Crippen molar-refractivity contribution in [1.29, 1.82) is 0 Å². The molecule has 4 atom stereocenters. The van der Waals surface area contributed by atoms with Crippen LogP contribution in [0.3, 0.4) is 0 Å². The number of carboxylic acids is 1. The number of hydrogen-bond donors (Lipinski definition) is 4. The van der Waals surface area contributed by atoms with Crippen LogP contribution in [0.15, 0.2) is 48.5 Å². The molecule has 0 radical (unpaired) electrons. The summed E-state index contributed by atoms with van der Waals surface area (Å²) in [4.78, 5) is 57.6. The highest BCUT2D eigenvalue weighted by Crippen LogP contribution is 2.46. The van der Waals surface area contributed by atoms with Crippen molar-refractivity contribution in [3.8, 4) is 0 Å². The van der Waals surface area contributed by atoms with Crippen LogP contribution in [0.1, 0.15) is 67.3 Å². The van der Waals surface area contributed by atoms with E-state index in [1.807, 2.05) is 56.3 Å². The van der Waals surface area contributed by atoms with Gasteiger partial charge in [-0.25, -0.2) is 4.79 Å². The summed E-state index contributed by atoms with van der Waals surface area (Å²) >= 11 is 0. The number of H-pyrrole nitrogens is 1. The number of carboxylic acid groups (broad SMARTS) is 1. The van der Waals surface area contributed by atoms with Crippen molar-refractivity contribution in [3.63, 3.8) is 0 Å². The van der Waals surface area contributed by atoms with Gasteiger partial charge in [-0.15, -0.1) is 0 Å². The van der Waals surface area contributed by atoms with Crippen LogP contribution < -0.4 is 10.6 Å². The van der Waals surface area contributed by atoms with Crippen molar-refractivity contribution < 1.29 is 24.3 Å². The summed E-state index contributed by atoms with van der Waals surface area (Å²) in [5.41, 5.74) is 4.20. The van der Waals surface area contributed by atoms with Crippen molar-refractivity contribution in [1.82, 2.24) is 20.5 Å². The number of benzene rings is 2. The van der Waals surface area contributed by atoms with Gasteiger partial charge in [-0.1, -0.05) is 64.1 Å². The number of carbonyl (C=O) groups is 4. The number of rotatable bonds is 8. The van der Waals surface area contributed by atoms with E-state index in [4.69, 9.17) is 0 Å². The maximum atomic E-state index is 13.9. The number of aromatic nitrogens is 1. The smallest absolute Gasteiger partial charge is 0.326 e. The first-order valence-electron chi connectivity index (χ1n) is 13.4. The lowest BCUT2D eigenvalue weighted by molar-refractivity contribution is -0.143. The van der Waals surface area contributed by atoms with Gasteiger partial charge in [-0.2, -0.15) is 0 Å². The van der Waals surface area contributed by atoms with Gasteiger partial charge >= 0.3 is 5.97 Å². The van der Waals surface area contributed by atoms with Gasteiger partial charge in [-0.05, 0) is 41.5 Å². The lowest BCUT2D eigenvalue weighted by Crippen LogP contribution is -2.59. The van der Waals surface area contributed by atoms with E-state index in [9.17, 15) is 24.3 Å². The molecule has 0 saturated carbocycles. The van der Waals surface area contributed by atoms with Crippen LogP contribution in [0.5, 0.6) is 0 Å². The first-order valence-corrected chi connectivity index (χ1v) is 13.4. The second-order valence-corrected chi connectivity index (χ2v) is 11.2. The lowest BCUT2D eigenvalue weighted by Gasteiger charge is -2.38. The summed E-state index contributed by atoms with van der Waals surface area (Å²) in [6.45, 7) is 7.35. The molecule has 0 aliphatic carbocycles. The third kappa shape index (κ3) is 4.66. The zero-order chi connectivity index (χ0) is 28.0. The third-order valence-corrected chi connectivity index (χ3v) is 7.72. The number of amides is 3. The Bertz CT molecular complexity index is 1460. The highest BCUT2D eigenvalue weighted by atomic mass is 16.4. The zero-order valence-electron chi connectivity index (χ0n) is 22.5. The fourth-order valence-corrected chi connectivity index (χ4v) is 5.88. The highest BCUT2D eigenvalue weighted by molar-refractivity contribution is 6.04. The number of hydrogen-bond acceptors (Lipinski definition) is 4. The van der Waals surface area contributed by atoms with Gasteiger partial charge in [0.25, 0.3) is 5.91 Å². The predicted molar refractivity (Wildman–Crippen MR) is 146 cm³/mol. The molecule has 204 valence electrons. The van der Waals surface area contributed by atoms with E-state index in [1.54, 1.807) is 24.8 Å². The van der Waals surface area contributed by atoms with E-state index in [0.29, 0.717) is 12.0 Å². The second-order valence-electron chi connectivity index (χ2n) is 11.2. The Morgan fingerprint density at radius 1 is 1.03 bits per heavy atom. The highest BCUT2D eigenvalue weighted by Gasteiger charge is 2.49. The van der Waals surface area contributed by atoms with Gasteiger partial charge in [-0.3, -0.25) is 14.4 Å². The molecule has 1 aromatic heterocycles. The molecule has 0 fully saturated rings. The maximum absolute atomic E-state index is 13.9. The van der Waals surface area contributed by atoms with Crippen molar-refractivity contribution >= 4 is 34.6 Å². The molecule has 4 N–H and O–H groups in total. The number of carbonyl (C=O) groups excluding carboxylic acids is 3. The zero-order valence-corrected chi connectivity index (χ0v) is 22.5. The Balaban J connectivity index is 1.48. The number of nitrogens with zero attached hydrogens (tertiary/aromatic N) is 1. The molecule has 0 spiro atoms. The summed E-state index contributed by atoms with van der Waals surface area (Å²) in [6, 6.07) is 11.9. The SMILES string of the molecule is CC(C)C[C@@H](NC(=O)[C@@H](NC(=O)[C@@H]1Cc2c([nH]c3ccccc23)[C@@H]2c3ccccc3C(=O)N21)C(C)C)C(=O)O. The summed E-state index contributed by atoms with van der Waals surface area (Å²) in [5, 5.41) is 16.1. The lowest BCUT2D eigenvalue weighted by atomic mass is 9.89. The Hall–Kier alpha value is -4.14. The van der Waals surface area contributed by atoms with Crippen LogP contribution in [-0.4, -0.2) is 56.8 Å². The van der Waals surface area contributed by atoms with E-state index in [-0.39, 0.29) is 24.2 Å². The minimum Gasteiger partial charge on any atom is -0.480 e. The number of nitrogens with one attached hydrogen (secondary N) is 3. The largest absolute Gasteiger partial charge is 0.480 e. The first kappa shape index (κ1) is 26.5. The Kier molecular flexibility index (Phi) is 6.92. The van der Waals surface area contributed by atoms with Gasteiger partial charge in [0.1, 0.15) is 18.1 Å². The third-order valence-electron chi connectivity index (χ3n) is 7.72. The van der Waals surface area contributed by atoms with Gasteiger partial charge < -0.3 is 25.6 Å². The summed E-state index contributed by atoms with van der Waals surface area (Å²) in [5.74, 6) is -2.59. The van der Waals surface area contributed by atoms with Gasteiger partial charge in [0.15, 0.2) is 0 Å². The van der Waals surface area contributed by atoms with Crippen LogP contribution in [0.4, 0.5) is 0 Å². The van der Waals surface area contributed by atoms with Crippen molar-refractivity contribution in [2.75, 3.05) is 0 Å². The van der Waals surface area contributed by atoms with E-state index < -0.39 is 42.0 Å². The number of fused-ring (bicyclic) bond motifs is 7. The summed E-state index contributed by atoms with van der Waals surface area (Å²) in [6.07, 6.45) is 0.562. The average Bonchev–Trinajstić information content (AvgIpc) is 3.41. The van der Waals surface area contributed by atoms with Crippen molar-refractivity contribution in [2.45, 2.75) is 64.7 Å². The minimum absolute atomic E-state index is 0.0610. The summed E-state index contributed by atoms with van der Waals surface area (Å²) in [7, 11) is 0. The molecule has 0 saturated heterocycles. The monoisotopic (exact) mass is 530 g/mol. The molecule has 0 bridgehead atoms. The van der Waals surface area contributed by atoms with Crippen molar-refractivity contribution in [3.05, 3.63) is 70.9 Å². The molecule has 3 heterocycles. The van der Waals surface area contributed by atoms with E-state index >= 15 is 0 Å². The summed E-state index contributed by atoms with van der Waals surface area (Å²) < 4.78 is 0. The fourth-order valence-electron chi connectivity index (χ4n) is 5.88. The molecule has 3 aromatic rings. The first-order chi connectivity index (χ1) is 18.6. The van der Waals surface area contributed by atoms with Crippen LogP contribution >= 0.6 is 0 Å². The van der Waals surface area contributed by atoms with Crippen molar-refractivity contribution in [2.24, 2.45) is 11.8 Å². The molecule has 3 amide bonds. The van der Waals surface area contributed by atoms with Gasteiger partial charge in [0.2, 0.25) is 11.8 Å². The maximum Gasteiger partial charge on any atom is 0.326 e. The molecule has 2 aliphatic heterocycles. The molecule has 9 nitrogen and oxygen atoms in total. The second kappa shape index (κ2) is 10.2. The minimum atomic E-state index is -1.12. The van der Waals surface area contributed by atoms with Crippen LogP contribution in [0.2, 0.25) is 0 Å². The Morgan fingerprint density at radius 2 is 1.72 bits per heavy atom. The molecule has 39 heavy (non-hydrogen) atoms. The predicted octanol–water partition coefficient (Wildman–Crippen LogP) is 3.39. The van der Waals surface area contributed by atoms with Crippen LogP contribution in [0, 0.1) is 11.8 Å². The molecular formula is C30H34N4O5. The molecule has 0 unspecified atom stereocenters. The Labute approximate surface area is 227 Å². The van der Waals surface area contributed by atoms with E-state index in [0.717, 1.165) is 27.7 Å². The Morgan fingerprint density at radius 3 is 2.41 bits per heavy atom. The fraction of sp³-hybridized carbons (Fsp3) is 0.400. The normalized spacial score (nSPS) is 19.4. The molecule has 9 heteroatoms. The van der Waals surface area contributed by atoms with E-state index in [1.165, 1.54) is 0 Å². The number of aromatic amines is 1. The standard InChI is InChI=1S/C30H34N4O5/c1-15(2)13-22(30(38)39)32-28(36)24(16(3)4)33-27(35)23-14-20-17-9-7-8-12-21(17)31-25(20)26-18-10-5-6-11-19(18)29(37)34(23)26/h5-12,15-16,22-24,26,31H,13-14H2,1-4H3,(H,32,36)(H,33,35)(H,38,39)/t22-,23+,24+,26+/m1/s1. The molecular weight excluding hydrogens is 496 g/mol. The average molecular weight is 531 g/mol. The van der Waals surface area contributed by atoms with E-state index in [2.05, 4.69) is 15.6 Å². The number of para-hydroxylation sites is 1. The van der Waals surface area contributed by atoms with Gasteiger partial charge in [0.05, 0.1) is 6.04 Å². The molecule has 5 rings (SSSR count). The van der Waals surface area contributed by atoms with Crippen LogP contribution in [0.25, 0.3) is 10.9 Å². The van der Waals surface area contributed by atoms with Gasteiger partial charge in [0, 0.05) is 28.6 Å². The number of aliphatic carboxylic acids is 1. The molecule has 2 aromatic carbocycles. The topological polar surface area (TPSA) is 132 Å². The molecule has 2 aliphatic rings. The van der Waals surface area contributed by atoms with Crippen LogP contribution in [-0.2, 0) is 20.8 Å². The quantitative estimate of drug-likeness (QED) is 0.355.